The molecule has 2 nitrogen and oxygen atoms in total. The second-order valence-corrected chi connectivity index (χ2v) is 6.60. The van der Waals surface area contributed by atoms with E-state index in [9.17, 15) is 0 Å². The summed E-state index contributed by atoms with van der Waals surface area (Å²) in [6, 6.07) is 5.89. The van der Waals surface area contributed by atoms with Gasteiger partial charge in [-0.05, 0) is 30.5 Å². The number of benzene rings is 1. The average molecular weight is 305 g/mol. The van der Waals surface area contributed by atoms with E-state index in [1.54, 1.807) is 0 Å². The van der Waals surface area contributed by atoms with Crippen LogP contribution in [0.5, 0.6) is 0 Å². The molecule has 1 aromatic rings. The first kappa shape index (κ1) is 18.9. The lowest BCUT2D eigenvalue weighted by molar-refractivity contribution is 0.544. The van der Waals surface area contributed by atoms with Crippen molar-refractivity contribution < 1.29 is 0 Å². The Morgan fingerprint density at radius 3 is 1.68 bits per heavy atom. The summed E-state index contributed by atoms with van der Waals surface area (Å²) in [6.45, 7) is 2.28. The van der Waals surface area contributed by atoms with Crippen molar-refractivity contribution in [2.75, 3.05) is 11.5 Å². The summed E-state index contributed by atoms with van der Waals surface area (Å²) in [4.78, 5) is 0. The fourth-order valence-corrected chi connectivity index (χ4v) is 3.00. The van der Waals surface area contributed by atoms with E-state index in [0.717, 1.165) is 17.8 Å². The van der Waals surface area contributed by atoms with E-state index in [-0.39, 0.29) is 0 Å². The van der Waals surface area contributed by atoms with E-state index < -0.39 is 0 Å². The maximum absolute atomic E-state index is 5.98. The summed E-state index contributed by atoms with van der Waals surface area (Å²) in [5.41, 5.74) is 14.6. The van der Waals surface area contributed by atoms with Crippen LogP contribution < -0.4 is 11.5 Å². The Labute approximate surface area is 137 Å². The van der Waals surface area contributed by atoms with Crippen LogP contribution in [0.15, 0.2) is 18.2 Å². The van der Waals surface area contributed by atoms with Gasteiger partial charge < -0.3 is 11.5 Å². The van der Waals surface area contributed by atoms with Gasteiger partial charge in [0.05, 0.1) is 0 Å². The van der Waals surface area contributed by atoms with Crippen molar-refractivity contribution in [3.05, 3.63) is 23.8 Å². The Morgan fingerprint density at radius 2 is 1.18 bits per heavy atom. The third-order valence-electron chi connectivity index (χ3n) is 4.47. The summed E-state index contributed by atoms with van der Waals surface area (Å²) in [5.74, 6) is 0. The van der Waals surface area contributed by atoms with E-state index in [0.29, 0.717) is 0 Å². The molecule has 2 heteroatoms. The third kappa shape index (κ3) is 8.96. The van der Waals surface area contributed by atoms with Crippen LogP contribution in [0.25, 0.3) is 0 Å². The summed E-state index contributed by atoms with van der Waals surface area (Å²) < 4.78 is 0. The Hall–Kier alpha value is -1.18. The van der Waals surface area contributed by atoms with Gasteiger partial charge in [-0.2, -0.15) is 0 Å². The number of aryl methyl sites for hydroxylation is 1. The molecule has 0 unspecified atom stereocenters. The molecule has 0 aliphatic heterocycles. The van der Waals surface area contributed by atoms with Crippen LogP contribution in [0, 0.1) is 0 Å². The smallest absolute Gasteiger partial charge is 0.0367 e. The lowest BCUT2D eigenvalue weighted by Gasteiger charge is -2.06. The van der Waals surface area contributed by atoms with Gasteiger partial charge in [-0.3, -0.25) is 0 Å². The highest BCUT2D eigenvalue weighted by molar-refractivity contribution is 5.56. The standard InChI is InChI=1S/C20H36N2/c1-2-3-4-5-6-7-8-9-10-11-12-13-14-18-15-16-19(21)17-20(18)22/h15-17H,2-14,21-22H2,1H3. The predicted molar refractivity (Wildman–Crippen MR) is 100 cm³/mol. The second-order valence-electron chi connectivity index (χ2n) is 6.60. The van der Waals surface area contributed by atoms with Gasteiger partial charge in [0.15, 0.2) is 0 Å². The topological polar surface area (TPSA) is 52.0 Å². The van der Waals surface area contributed by atoms with Crippen molar-refractivity contribution in [1.82, 2.24) is 0 Å². The van der Waals surface area contributed by atoms with Crippen molar-refractivity contribution in [3.8, 4) is 0 Å². The fourth-order valence-electron chi connectivity index (χ4n) is 3.00. The first-order valence-electron chi connectivity index (χ1n) is 9.38. The molecule has 0 saturated carbocycles. The molecule has 1 rings (SSSR count). The second kappa shape index (κ2) is 12.4. The quantitative estimate of drug-likeness (QED) is 0.342. The molecule has 126 valence electrons. The van der Waals surface area contributed by atoms with Crippen LogP contribution >= 0.6 is 0 Å². The molecule has 1 aromatic carbocycles. The van der Waals surface area contributed by atoms with Crippen LogP contribution in [0.3, 0.4) is 0 Å². The number of hydrogen-bond acceptors (Lipinski definition) is 2. The Bertz CT molecular complexity index is 387. The van der Waals surface area contributed by atoms with Crippen molar-refractivity contribution >= 4 is 11.4 Å². The number of anilines is 2. The zero-order valence-electron chi connectivity index (χ0n) is 14.6. The van der Waals surface area contributed by atoms with Crippen LogP contribution in [0.1, 0.15) is 89.5 Å². The van der Waals surface area contributed by atoms with Gasteiger partial charge in [-0.15, -0.1) is 0 Å². The van der Waals surface area contributed by atoms with Gasteiger partial charge in [0.1, 0.15) is 0 Å². The summed E-state index contributed by atoms with van der Waals surface area (Å²) in [7, 11) is 0. The normalized spacial score (nSPS) is 11.0. The average Bonchev–Trinajstić information content (AvgIpc) is 2.50. The van der Waals surface area contributed by atoms with Crippen molar-refractivity contribution in [3.63, 3.8) is 0 Å². The van der Waals surface area contributed by atoms with Gasteiger partial charge in [-0.25, -0.2) is 0 Å². The van der Waals surface area contributed by atoms with Gasteiger partial charge in [0.2, 0.25) is 0 Å². The summed E-state index contributed by atoms with van der Waals surface area (Å²) in [5, 5.41) is 0. The maximum Gasteiger partial charge on any atom is 0.0367 e. The molecule has 0 spiro atoms. The SMILES string of the molecule is CCCCCCCCCCCCCCc1ccc(N)cc1N. The third-order valence-corrected chi connectivity index (χ3v) is 4.47. The minimum atomic E-state index is 0.760. The van der Waals surface area contributed by atoms with Crippen molar-refractivity contribution in [2.24, 2.45) is 0 Å². The monoisotopic (exact) mass is 304 g/mol. The molecule has 0 atom stereocenters. The maximum atomic E-state index is 5.98. The lowest BCUT2D eigenvalue weighted by atomic mass is 10.0. The minimum Gasteiger partial charge on any atom is -0.399 e. The molecular formula is C20H36N2. The van der Waals surface area contributed by atoms with Crippen LogP contribution in [0.2, 0.25) is 0 Å². The van der Waals surface area contributed by atoms with E-state index in [4.69, 9.17) is 11.5 Å². The number of unbranched alkanes of at least 4 members (excludes halogenated alkanes) is 11. The van der Waals surface area contributed by atoms with Gasteiger partial charge in [0, 0.05) is 11.4 Å². The van der Waals surface area contributed by atoms with Crippen molar-refractivity contribution in [2.45, 2.75) is 90.4 Å². The Kier molecular flexibility index (Phi) is 10.6. The van der Waals surface area contributed by atoms with Crippen LogP contribution in [-0.2, 0) is 6.42 Å². The highest BCUT2D eigenvalue weighted by Crippen LogP contribution is 2.19. The predicted octanol–water partition coefficient (Wildman–Crippen LogP) is 6.09. The highest BCUT2D eigenvalue weighted by Gasteiger charge is 2.00. The highest BCUT2D eigenvalue weighted by atomic mass is 14.6. The number of hydrogen-bond donors (Lipinski definition) is 2. The van der Waals surface area contributed by atoms with Gasteiger partial charge >= 0.3 is 0 Å². The number of nitrogens with two attached hydrogens (primary N) is 2. The molecule has 4 N–H and O–H groups in total. The molecule has 0 saturated heterocycles. The fraction of sp³-hybridized carbons (Fsp3) is 0.700. The molecule has 0 amide bonds. The molecule has 22 heavy (non-hydrogen) atoms. The van der Waals surface area contributed by atoms with E-state index in [1.807, 2.05) is 12.1 Å². The Balaban J connectivity index is 1.89. The first-order chi connectivity index (χ1) is 10.7. The molecular weight excluding hydrogens is 268 g/mol. The van der Waals surface area contributed by atoms with E-state index >= 15 is 0 Å². The minimum absolute atomic E-state index is 0.760. The van der Waals surface area contributed by atoms with Crippen LogP contribution in [0.4, 0.5) is 11.4 Å². The molecule has 0 aliphatic rings. The Morgan fingerprint density at radius 1 is 0.682 bits per heavy atom. The van der Waals surface area contributed by atoms with Crippen LogP contribution in [-0.4, -0.2) is 0 Å². The molecule has 0 heterocycles. The molecule has 0 aliphatic carbocycles. The molecule has 0 aromatic heterocycles. The zero-order chi connectivity index (χ0) is 16.0. The van der Waals surface area contributed by atoms with E-state index in [1.165, 1.54) is 82.6 Å². The zero-order valence-corrected chi connectivity index (χ0v) is 14.6. The summed E-state index contributed by atoms with van der Waals surface area (Å²) >= 11 is 0. The summed E-state index contributed by atoms with van der Waals surface area (Å²) in [6.07, 6.45) is 17.8. The number of rotatable bonds is 13. The first-order valence-corrected chi connectivity index (χ1v) is 9.38. The van der Waals surface area contributed by atoms with Gasteiger partial charge in [-0.1, -0.05) is 83.6 Å². The van der Waals surface area contributed by atoms with E-state index in [2.05, 4.69) is 13.0 Å². The molecule has 0 radical (unpaired) electrons. The number of nitrogen functional groups attached to an aromatic ring is 2. The molecule has 0 fully saturated rings. The lowest BCUT2D eigenvalue weighted by Crippen LogP contribution is -1.96. The molecule has 0 bridgehead atoms. The largest absolute Gasteiger partial charge is 0.399 e. The van der Waals surface area contributed by atoms with Gasteiger partial charge in [0.25, 0.3) is 0 Å². The van der Waals surface area contributed by atoms with Crippen molar-refractivity contribution in [1.29, 1.82) is 0 Å².